The van der Waals surface area contributed by atoms with Crippen LogP contribution >= 0.6 is 0 Å². The molecule has 0 unspecified atom stereocenters. The molecule has 0 amide bonds. The van der Waals surface area contributed by atoms with Gasteiger partial charge in [0, 0.05) is 26.4 Å². The Kier molecular flexibility index (Phi) is 9.52. The molecule has 114 valence electrons. The molecule has 0 atom stereocenters. The first kappa shape index (κ1) is 17.3. The maximum absolute atomic E-state index is 5.22. The van der Waals surface area contributed by atoms with Crippen LogP contribution in [-0.2, 0) is 26.2 Å². The van der Waals surface area contributed by atoms with E-state index in [9.17, 15) is 0 Å². The molecule has 1 N–H and O–H groups in total. The van der Waals surface area contributed by atoms with Crippen LogP contribution in [0.1, 0.15) is 31.9 Å². The summed E-state index contributed by atoms with van der Waals surface area (Å²) in [6, 6.07) is 8.63. The van der Waals surface area contributed by atoms with Crippen LogP contribution in [0.2, 0.25) is 0 Å². The molecule has 20 heavy (non-hydrogen) atoms. The molecule has 0 saturated carbocycles. The van der Waals surface area contributed by atoms with E-state index in [-0.39, 0.29) is 0 Å². The SMILES string of the molecule is CCO[SiH](OCC)OCC.c1ccc2c(c1)CCNC2. The van der Waals surface area contributed by atoms with Gasteiger partial charge in [-0.15, -0.1) is 0 Å². The second kappa shape index (κ2) is 11.0. The molecule has 1 aliphatic rings. The number of hydrogen-bond donors (Lipinski definition) is 1. The Morgan fingerprint density at radius 1 is 0.950 bits per heavy atom. The van der Waals surface area contributed by atoms with E-state index in [1.165, 1.54) is 17.5 Å². The van der Waals surface area contributed by atoms with E-state index in [1.807, 2.05) is 20.8 Å². The highest BCUT2D eigenvalue weighted by atomic mass is 28.3. The first-order valence-electron chi connectivity index (χ1n) is 7.44. The third-order valence-corrected chi connectivity index (χ3v) is 4.73. The lowest BCUT2D eigenvalue weighted by Crippen LogP contribution is -2.27. The van der Waals surface area contributed by atoms with Crippen molar-refractivity contribution in [2.45, 2.75) is 33.7 Å². The molecule has 4 nitrogen and oxygen atoms in total. The lowest BCUT2D eigenvalue weighted by atomic mass is 10.0. The Hall–Kier alpha value is -0.723. The van der Waals surface area contributed by atoms with Crippen LogP contribution in [0.5, 0.6) is 0 Å². The van der Waals surface area contributed by atoms with Crippen molar-refractivity contribution < 1.29 is 13.3 Å². The van der Waals surface area contributed by atoms with Gasteiger partial charge in [-0.05, 0) is 44.9 Å². The summed E-state index contributed by atoms with van der Waals surface area (Å²) in [5.74, 6) is 0. The summed E-state index contributed by atoms with van der Waals surface area (Å²) in [7, 11) is -1.73. The fourth-order valence-electron chi connectivity index (χ4n) is 1.97. The van der Waals surface area contributed by atoms with E-state index in [4.69, 9.17) is 13.3 Å². The van der Waals surface area contributed by atoms with E-state index < -0.39 is 9.53 Å². The molecule has 0 spiro atoms. The molecular formula is C15H27NO3Si. The van der Waals surface area contributed by atoms with Gasteiger partial charge in [0.1, 0.15) is 0 Å². The van der Waals surface area contributed by atoms with Gasteiger partial charge in [0.2, 0.25) is 0 Å². The summed E-state index contributed by atoms with van der Waals surface area (Å²) in [6.45, 7) is 10.0. The number of fused-ring (bicyclic) bond motifs is 1. The fraction of sp³-hybridized carbons (Fsp3) is 0.600. The monoisotopic (exact) mass is 297 g/mol. The normalized spacial score (nSPS) is 13.6. The fourth-order valence-corrected chi connectivity index (χ4v) is 3.08. The Morgan fingerprint density at radius 2 is 1.50 bits per heavy atom. The second-order valence-electron chi connectivity index (χ2n) is 4.35. The molecule has 5 heteroatoms. The molecule has 0 fully saturated rings. The van der Waals surface area contributed by atoms with Crippen LogP contribution in [0.4, 0.5) is 0 Å². The summed E-state index contributed by atoms with van der Waals surface area (Å²) in [6.07, 6.45) is 1.19. The van der Waals surface area contributed by atoms with Crippen LogP contribution in [0.15, 0.2) is 24.3 Å². The summed E-state index contributed by atoms with van der Waals surface area (Å²) < 4.78 is 15.7. The zero-order valence-electron chi connectivity index (χ0n) is 12.9. The molecule has 1 aromatic carbocycles. The summed E-state index contributed by atoms with van der Waals surface area (Å²) in [5, 5.41) is 3.34. The van der Waals surface area contributed by atoms with Crippen molar-refractivity contribution in [1.82, 2.24) is 5.32 Å². The first-order chi connectivity index (χ1) is 9.81. The molecular weight excluding hydrogens is 270 g/mol. The van der Waals surface area contributed by atoms with Gasteiger partial charge in [-0.2, -0.15) is 0 Å². The van der Waals surface area contributed by atoms with Crippen LogP contribution < -0.4 is 5.32 Å². The van der Waals surface area contributed by atoms with E-state index in [2.05, 4.69) is 29.6 Å². The molecule has 0 bridgehead atoms. The van der Waals surface area contributed by atoms with E-state index in [0.29, 0.717) is 19.8 Å². The second-order valence-corrected chi connectivity index (χ2v) is 5.93. The standard InChI is InChI=1S/C9H11N.C6H16O3Si/c1-2-4-9-7-10-6-5-8(9)3-1;1-4-7-10(8-5-2)9-6-3/h1-4,10H,5-7H2;10H,4-6H2,1-3H3. The van der Waals surface area contributed by atoms with Gasteiger partial charge in [0.05, 0.1) is 0 Å². The van der Waals surface area contributed by atoms with Gasteiger partial charge < -0.3 is 18.6 Å². The molecule has 0 aliphatic carbocycles. The third kappa shape index (κ3) is 6.63. The minimum absolute atomic E-state index is 0.677. The molecule has 1 aromatic rings. The van der Waals surface area contributed by atoms with Crippen molar-refractivity contribution in [2.24, 2.45) is 0 Å². The molecule has 2 rings (SSSR count). The minimum atomic E-state index is -1.73. The van der Waals surface area contributed by atoms with Gasteiger partial charge in [-0.25, -0.2) is 0 Å². The van der Waals surface area contributed by atoms with Crippen molar-refractivity contribution in [3.05, 3.63) is 35.4 Å². The molecule has 0 aromatic heterocycles. The topological polar surface area (TPSA) is 39.7 Å². The predicted octanol–water partition coefficient (Wildman–Crippen LogP) is 2.15. The maximum Gasteiger partial charge on any atom is 0.484 e. The largest absolute Gasteiger partial charge is 0.484 e. The lowest BCUT2D eigenvalue weighted by Gasteiger charge is -2.15. The smallest absolute Gasteiger partial charge is 0.376 e. The Labute approximate surface area is 124 Å². The Balaban J connectivity index is 0.000000200. The lowest BCUT2D eigenvalue weighted by molar-refractivity contribution is 0.107. The quantitative estimate of drug-likeness (QED) is 0.817. The predicted molar refractivity (Wildman–Crippen MR) is 83.9 cm³/mol. The summed E-state index contributed by atoms with van der Waals surface area (Å²) in [4.78, 5) is 0. The third-order valence-electron chi connectivity index (χ3n) is 2.91. The van der Waals surface area contributed by atoms with Crippen LogP contribution in [0.3, 0.4) is 0 Å². The number of nitrogens with one attached hydrogen (secondary N) is 1. The number of benzene rings is 1. The summed E-state index contributed by atoms with van der Waals surface area (Å²) in [5.41, 5.74) is 2.98. The van der Waals surface area contributed by atoms with Crippen molar-refractivity contribution in [1.29, 1.82) is 0 Å². The highest BCUT2D eigenvalue weighted by Gasteiger charge is 2.11. The molecule has 1 aliphatic heterocycles. The van der Waals surface area contributed by atoms with Gasteiger partial charge in [-0.1, -0.05) is 24.3 Å². The highest BCUT2D eigenvalue weighted by molar-refractivity contribution is 6.36. The molecule has 1 heterocycles. The molecule has 0 radical (unpaired) electrons. The average molecular weight is 297 g/mol. The molecule has 0 saturated heterocycles. The number of hydrogen-bond acceptors (Lipinski definition) is 4. The van der Waals surface area contributed by atoms with Gasteiger partial charge in [-0.3, -0.25) is 0 Å². The van der Waals surface area contributed by atoms with Gasteiger partial charge in [0.15, 0.2) is 0 Å². The van der Waals surface area contributed by atoms with Crippen molar-refractivity contribution in [3.8, 4) is 0 Å². The maximum atomic E-state index is 5.22. The van der Waals surface area contributed by atoms with Crippen LogP contribution in [0, 0.1) is 0 Å². The summed E-state index contributed by atoms with van der Waals surface area (Å²) >= 11 is 0. The van der Waals surface area contributed by atoms with E-state index in [0.717, 1.165) is 13.1 Å². The van der Waals surface area contributed by atoms with Crippen molar-refractivity contribution in [3.63, 3.8) is 0 Å². The number of rotatable bonds is 6. The Morgan fingerprint density at radius 3 is 2.00 bits per heavy atom. The van der Waals surface area contributed by atoms with Crippen molar-refractivity contribution in [2.75, 3.05) is 26.4 Å². The van der Waals surface area contributed by atoms with Crippen LogP contribution in [-0.4, -0.2) is 35.9 Å². The van der Waals surface area contributed by atoms with Gasteiger partial charge in [0.25, 0.3) is 0 Å². The van der Waals surface area contributed by atoms with Crippen molar-refractivity contribution >= 4 is 9.53 Å². The van der Waals surface area contributed by atoms with E-state index in [1.54, 1.807) is 0 Å². The zero-order chi connectivity index (χ0) is 14.6. The highest BCUT2D eigenvalue weighted by Crippen LogP contribution is 2.11. The minimum Gasteiger partial charge on any atom is -0.376 e. The van der Waals surface area contributed by atoms with Crippen LogP contribution in [0.25, 0.3) is 0 Å². The zero-order valence-corrected chi connectivity index (χ0v) is 14.0. The van der Waals surface area contributed by atoms with Gasteiger partial charge >= 0.3 is 9.53 Å². The Bertz CT molecular complexity index is 323. The average Bonchev–Trinajstić information content (AvgIpc) is 2.49. The van der Waals surface area contributed by atoms with E-state index >= 15 is 0 Å². The first-order valence-corrected chi connectivity index (χ1v) is 8.85.